The number of amides is 3. The highest BCUT2D eigenvalue weighted by atomic mass is 79.9. The number of ether oxygens (including phenoxy) is 4. The molecule has 1 aliphatic rings. The molecule has 45 heavy (non-hydrogen) atoms. The molecule has 0 spiro atoms. The number of hydrogen-bond donors (Lipinski definition) is 3. The van der Waals surface area contributed by atoms with E-state index in [1.807, 2.05) is 0 Å². The Morgan fingerprint density at radius 2 is 1.78 bits per heavy atom. The first-order valence-corrected chi connectivity index (χ1v) is 14.0. The van der Waals surface area contributed by atoms with Gasteiger partial charge in [-0.3, -0.25) is 14.9 Å². The quantitative estimate of drug-likeness (QED) is 0.109. The van der Waals surface area contributed by atoms with Gasteiger partial charge in [-0.1, -0.05) is 6.07 Å². The van der Waals surface area contributed by atoms with Crippen molar-refractivity contribution in [3.8, 4) is 17.2 Å². The summed E-state index contributed by atoms with van der Waals surface area (Å²) in [5, 5.41) is 20.0. The van der Waals surface area contributed by atoms with Crippen molar-refractivity contribution in [3.63, 3.8) is 0 Å². The molecule has 14 nitrogen and oxygen atoms in total. The van der Waals surface area contributed by atoms with Crippen LogP contribution < -0.4 is 30.3 Å². The number of rotatable bonds is 12. The number of urea groups is 1. The van der Waals surface area contributed by atoms with Gasteiger partial charge in [-0.15, -0.1) is 0 Å². The average Bonchev–Trinajstić information content (AvgIpc) is 3.02. The van der Waals surface area contributed by atoms with Gasteiger partial charge in [-0.05, 0) is 82.0 Å². The first-order chi connectivity index (χ1) is 21.6. The maximum Gasteiger partial charge on any atom is 0.337 e. The highest BCUT2D eigenvalue weighted by Gasteiger charge is 2.32. The van der Waals surface area contributed by atoms with Crippen LogP contribution in [-0.2, 0) is 20.9 Å². The lowest BCUT2D eigenvalue weighted by Crippen LogP contribution is -2.45. The Kier molecular flexibility index (Phi) is 10.7. The van der Waals surface area contributed by atoms with Gasteiger partial charge in [0, 0.05) is 17.8 Å². The Morgan fingerprint density at radius 1 is 1.04 bits per heavy atom. The van der Waals surface area contributed by atoms with E-state index in [9.17, 15) is 24.5 Å². The zero-order chi connectivity index (χ0) is 32.5. The predicted molar refractivity (Wildman–Crippen MR) is 165 cm³/mol. The number of carbonyl (C=O) groups excluding carboxylic acids is 3. The normalized spacial score (nSPS) is 14.3. The second kappa shape index (κ2) is 14.8. The molecule has 0 saturated carbocycles. The lowest BCUT2D eigenvalue weighted by Gasteiger charge is -2.28. The maximum absolute atomic E-state index is 12.4. The summed E-state index contributed by atoms with van der Waals surface area (Å²) in [5.74, 6) is -0.0407. The minimum Gasteiger partial charge on any atom is -0.493 e. The Labute approximate surface area is 265 Å². The second-order valence-corrected chi connectivity index (χ2v) is 10.3. The summed E-state index contributed by atoms with van der Waals surface area (Å²) in [6.45, 7) is 1.44. The SMILES string of the molecule is COC(=O)C1=C(C)NC(=O)N[C@H]1c1ccc(OCC(=O)N/N=C\c2ccc(OCc3ccc([N+](=O)[O-])cc3)c(Br)c2)c(OC)c1. The van der Waals surface area contributed by atoms with E-state index in [-0.39, 0.29) is 36.0 Å². The van der Waals surface area contributed by atoms with Crippen LogP contribution in [0.4, 0.5) is 10.5 Å². The van der Waals surface area contributed by atoms with Crippen LogP contribution in [0.2, 0.25) is 0 Å². The van der Waals surface area contributed by atoms with Gasteiger partial charge in [0.1, 0.15) is 12.4 Å². The molecule has 3 amide bonds. The minimum absolute atomic E-state index is 0.00525. The molecule has 0 fully saturated rings. The fourth-order valence-electron chi connectivity index (χ4n) is 4.25. The van der Waals surface area contributed by atoms with Crippen LogP contribution >= 0.6 is 15.9 Å². The monoisotopic (exact) mass is 681 g/mol. The van der Waals surface area contributed by atoms with E-state index in [2.05, 4.69) is 37.1 Å². The number of benzene rings is 3. The molecule has 1 aliphatic heterocycles. The van der Waals surface area contributed by atoms with E-state index in [0.29, 0.717) is 27.0 Å². The molecule has 4 rings (SSSR count). The van der Waals surface area contributed by atoms with Crippen molar-refractivity contribution in [1.29, 1.82) is 0 Å². The number of hydrogen-bond acceptors (Lipinski definition) is 10. The van der Waals surface area contributed by atoms with Crippen molar-refractivity contribution in [3.05, 3.63) is 103 Å². The number of non-ortho nitro benzene ring substituents is 1. The fourth-order valence-corrected chi connectivity index (χ4v) is 4.76. The number of nitro groups is 1. The average molecular weight is 682 g/mol. The lowest BCUT2D eigenvalue weighted by molar-refractivity contribution is -0.384. The minimum atomic E-state index is -0.789. The van der Waals surface area contributed by atoms with Gasteiger partial charge in [0.2, 0.25) is 0 Å². The van der Waals surface area contributed by atoms with Gasteiger partial charge < -0.3 is 29.6 Å². The zero-order valence-electron chi connectivity index (χ0n) is 24.3. The molecular weight excluding hydrogens is 654 g/mol. The van der Waals surface area contributed by atoms with Crippen LogP contribution in [-0.4, -0.2) is 49.9 Å². The molecule has 0 aliphatic carbocycles. The van der Waals surface area contributed by atoms with E-state index < -0.39 is 28.9 Å². The first kappa shape index (κ1) is 32.5. The number of esters is 1. The van der Waals surface area contributed by atoms with E-state index in [1.54, 1.807) is 55.5 Å². The van der Waals surface area contributed by atoms with Crippen LogP contribution in [0.3, 0.4) is 0 Å². The van der Waals surface area contributed by atoms with E-state index >= 15 is 0 Å². The van der Waals surface area contributed by atoms with E-state index in [1.165, 1.54) is 32.6 Å². The van der Waals surface area contributed by atoms with Crippen LogP contribution in [0, 0.1) is 10.1 Å². The second-order valence-electron chi connectivity index (χ2n) is 9.46. The maximum atomic E-state index is 12.4. The third-order valence-corrected chi connectivity index (χ3v) is 7.07. The molecule has 0 saturated heterocycles. The molecule has 0 aromatic heterocycles. The highest BCUT2D eigenvalue weighted by Crippen LogP contribution is 2.34. The van der Waals surface area contributed by atoms with Crippen LogP contribution in [0.1, 0.15) is 29.7 Å². The topological polar surface area (TPSA) is 180 Å². The number of carbonyl (C=O) groups is 3. The van der Waals surface area contributed by atoms with Crippen LogP contribution in [0.15, 0.2) is 81.5 Å². The van der Waals surface area contributed by atoms with Gasteiger partial charge in [0.15, 0.2) is 18.1 Å². The number of nitrogens with zero attached hydrogens (tertiary/aromatic N) is 2. The molecule has 1 heterocycles. The molecule has 0 radical (unpaired) electrons. The van der Waals surface area contributed by atoms with E-state index in [0.717, 1.165) is 5.56 Å². The van der Waals surface area contributed by atoms with Crippen molar-refractivity contribution in [2.24, 2.45) is 5.10 Å². The number of halogens is 1. The third-order valence-electron chi connectivity index (χ3n) is 6.45. The van der Waals surface area contributed by atoms with Crippen molar-refractivity contribution >= 4 is 45.7 Å². The molecule has 234 valence electrons. The molecule has 3 aromatic carbocycles. The number of methoxy groups -OCH3 is 2. The molecule has 0 bridgehead atoms. The van der Waals surface area contributed by atoms with Crippen molar-refractivity contribution in [2.75, 3.05) is 20.8 Å². The van der Waals surface area contributed by atoms with Gasteiger partial charge >= 0.3 is 12.0 Å². The van der Waals surface area contributed by atoms with Gasteiger partial charge in [0.05, 0.1) is 41.4 Å². The summed E-state index contributed by atoms with van der Waals surface area (Å²) < 4.78 is 22.3. The molecule has 3 N–H and O–H groups in total. The zero-order valence-corrected chi connectivity index (χ0v) is 25.9. The third kappa shape index (κ3) is 8.35. The summed E-state index contributed by atoms with van der Waals surface area (Å²) in [4.78, 5) is 47.2. The molecule has 0 unspecified atom stereocenters. The Morgan fingerprint density at radius 3 is 2.44 bits per heavy atom. The molecule has 1 atom stereocenters. The number of nitro benzene ring substituents is 1. The molecular formula is C30H28BrN5O9. The number of allylic oxidation sites excluding steroid dienone is 1. The van der Waals surface area contributed by atoms with Gasteiger partial charge in [-0.25, -0.2) is 15.0 Å². The van der Waals surface area contributed by atoms with Crippen LogP contribution in [0.5, 0.6) is 17.2 Å². The smallest absolute Gasteiger partial charge is 0.337 e. The van der Waals surface area contributed by atoms with Crippen molar-refractivity contribution in [2.45, 2.75) is 19.6 Å². The largest absolute Gasteiger partial charge is 0.493 e. The van der Waals surface area contributed by atoms with Gasteiger partial charge in [-0.2, -0.15) is 5.10 Å². The Balaban J connectivity index is 1.31. The Hall–Kier alpha value is -5.44. The molecule has 3 aromatic rings. The summed E-state index contributed by atoms with van der Waals surface area (Å²) in [6.07, 6.45) is 1.44. The summed E-state index contributed by atoms with van der Waals surface area (Å²) in [5.41, 5.74) is 4.97. The van der Waals surface area contributed by atoms with Gasteiger partial charge in [0.25, 0.3) is 11.6 Å². The summed E-state index contributed by atoms with van der Waals surface area (Å²) in [6, 6.07) is 14.8. The number of nitrogens with one attached hydrogen (secondary N) is 3. The Bertz CT molecular complexity index is 1670. The van der Waals surface area contributed by atoms with Crippen molar-refractivity contribution in [1.82, 2.24) is 16.1 Å². The highest BCUT2D eigenvalue weighted by molar-refractivity contribution is 9.10. The standard InChI is InChI=1S/C30H28BrN5O9/c1-17-27(29(38)43-3)28(34-30(39)33-17)20-7-11-24(25(13-20)42-2)45-16-26(37)35-32-14-19-6-10-23(22(31)12-19)44-15-18-4-8-21(9-5-18)36(40)41/h4-14,28H,15-16H2,1-3H3,(H,35,37)(H2,33,34,39)/b32-14-/t28-/m0/s1. The number of hydrazone groups is 1. The first-order valence-electron chi connectivity index (χ1n) is 13.2. The lowest BCUT2D eigenvalue weighted by atomic mass is 9.95. The predicted octanol–water partition coefficient (Wildman–Crippen LogP) is 4.27. The van der Waals surface area contributed by atoms with Crippen LogP contribution in [0.25, 0.3) is 0 Å². The summed E-state index contributed by atoms with van der Waals surface area (Å²) >= 11 is 3.44. The van der Waals surface area contributed by atoms with Crippen molar-refractivity contribution < 1.29 is 38.3 Å². The fraction of sp³-hybridized carbons (Fsp3) is 0.200. The molecule has 15 heteroatoms. The van der Waals surface area contributed by atoms with E-state index in [4.69, 9.17) is 18.9 Å². The summed E-state index contributed by atoms with van der Waals surface area (Å²) in [7, 11) is 2.67.